The number of sulfonamides is 1. The van der Waals surface area contributed by atoms with E-state index in [9.17, 15) is 13.2 Å². The molecule has 0 radical (unpaired) electrons. The van der Waals surface area contributed by atoms with E-state index in [2.05, 4.69) is 19.9 Å². The molecule has 0 spiro atoms. The standard InChI is InChI=1S/C20H41N5O4S.HI/c1-9-24(18(26)29-19(2,3)4)14-16-10-12-25(13-11-16)17(21-7)22-15-20(5,6)23-30(8,27)28;/h16,23H,9-15H2,1-8H3,(H,21,22);1H. The molecule has 31 heavy (non-hydrogen) atoms. The molecule has 11 heteroatoms. The molecule has 1 fully saturated rings. The summed E-state index contributed by atoms with van der Waals surface area (Å²) in [5, 5.41) is 3.28. The molecule has 0 aromatic rings. The van der Waals surface area contributed by atoms with Gasteiger partial charge in [0.15, 0.2) is 5.96 Å². The van der Waals surface area contributed by atoms with Crippen molar-refractivity contribution in [2.75, 3.05) is 46.0 Å². The third-order valence-corrected chi connectivity index (χ3v) is 5.71. The van der Waals surface area contributed by atoms with Gasteiger partial charge < -0.3 is 19.9 Å². The minimum Gasteiger partial charge on any atom is -0.444 e. The Morgan fingerprint density at radius 3 is 2.16 bits per heavy atom. The van der Waals surface area contributed by atoms with Gasteiger partial charge in [0.05, 0.1) is 6.26 Å². The zero-order chi connectivity index (χ0) is 23.2. The quantitative estimate of drug-likeness (QED) is 0.275. The van der Waals surface area contributed by atoms with Gasteiger partial charge in [-0.1, -0.05) is 0 Å². The first-order valence-electron chi connectivity index (χ1n) is 10.6. The lowest BCUT2D eigenvalue weighted by Gasteiger charge is -2.37. The average Bonchev–Trinajstić information content (AvgIpc) is 2.57. The molecule has 184 valence electrons. The number of likely N-dealkylation sites (tertiary alicyclic amines) is 1. The zero-order valence-electron chi connectivity index (χ0n) is 20.3. The van der Waals surface area contributed by atoms with Crippen LogP contribution < -0.4 is 10.0 Å². The number of rotatable bonds is 7. The van der Waals surface area contributed by atoms with Gasteiger partial charge in [0.1, 0.15) is 5.60 Å². The van der Waals surface area contributed by atoms with E-state index in [0.717, 1.165) is 38.1 Å². The predicted octanol–water partition coefficient (Wildman–Crippen LogP) is 2.48. The molecule has 0 aliphatic carbocycles. The van der Waals surface area contributed by atoms with Gasteiger partial charge in [0, 0.05) is 45.3 Å². The lowest BCUT2D eigenvalue weighted by Crippen LogP contribution is -2.54. The second kappa shape index (κ2) is 12.4. The van der Waals surface area contributed by atoms with Crippen molar-refractivity contribution in [2.45, 2.75) is 65.5 Å². The van der Waals surface area contributed by atoms with Gasteiger partial charge >= 0.3 is 6.09 Å². The molecule has 0 aromatic heterocycles. The second-order valence-corrected chi connectivity index (χ2v) is 11.4. The van der Waals surface area contributed by atoms with Crippen molar-refractivity contribution in [1.82, 2.24) is 19.8 Å². The summed E-state index contributed by atoms with van der Waals surface area (Å²) in [6.45, 7) is 14.7. The van der Waals surface area contributed by atoms with E-state index in [1.54, 1.807) is 11.9 Å². The van der Waals surface area contributed by atoms with Crippen LogP contribution >= 0.6 is 24.0 Å². The molecular formula is C20H42IN5O4S. The first-order valence-corrected chi connectivity index (χ1v) is 12.5. The highest BCUT2D eigenvalue weighted by atomic mass is 127. The molecule has 9 nitrogen and oxygen atoms in total. The Hall–Kier alpha value is -0.820. The molecular weight excluding hydrogens is 533 g/mol. The van der Waals surface area contributed by atoms with Crippen LogP contribution in [0.4, 0.5) is 4.79 Å². The minimum absolute atomic E-state index is 0. The van der Waals surface area contributed by atoms with E-state index in [0.29, 0.717) is 25.6 Å². The Labute approximate surface area is 205 Å². The Morgan fingerprint density at radius 2 is 1.74 bits per heavy atom. The van der Waals surface area contributed by atoms with Crippen molar-refractivity contribution in [3.8, 4) is 0 Å². The monoisotopic (exact) mass is 575 g/mol. The highest BCUT2D eigenvalue weighted by Crippen LogP contribution is 2.20. The molecule has 1 aliphatic heterocycles. The summed E-state index contributed by atoms with van der Waals surface area (Å²) in [6.07, 6.45) is 2.80. The Kier molecular flexibility index (Phi) is 12.1. The van der Waals surface area contributed by atoms with E-state index < -0.39 is 21.2 Å². The van der Waals surface area contributed by atoms with E-state index >= 15 is 0 Å². The molecule has 0 saturated carbocycles. The van der Waals surface area contributed by atoms with Gasteiger partial charge in [-0.05, 0) is 60.3 Å². The highest BCUT2D eigenvalue weighted by molar-refractivity contribution is 14.0. The van der Waals surface area contributed by atoms with Crippen LogP contribution in [0.25, 0.3) is 0 Å². The molecule has 1 heterocycles. The minimum atomic E-state index is -3.29. The largest absolute Gasteiger partial charge is 0.444 e. The van der Waals surface area contributed by atoms with Crippen molar-refractivity contribution in [3.63, 3.8) is 0 Å². The average molecular weight is 576 g/mol. The van der Waals surface area contributed by atoms with Crippen LogP contribution in [0.1, 0.15) is 54.4 Å². The number of carbonyl (C=O) groups is 1. The molecule has 2 N–H and O–H groups in total. The molecule has 0 bridgehead atoms. The Morgan fingerprint density at radius 1 is 1.19 bits per heavy atom. The van der Waals surface area contributed by atoms with E-state index in [1.165, 1.54) is 0 Å². The van der Waals surface area contributed by atoms with E-state index in [-0.39, 0.29) is 30.1 Å². The summed E-state index contributed by atoms with van der Waals surface area (Å²) in [5.74, 6) is 1.17. The van der Waals surface area contributed by atoms with E-state index in [4.69, 9.17) is 4.74 Å². The SMILES string of the molecule is CCN(CC1CCN(C(=NC)NCC(C)(C)NS(C)(=O)=O)CC1)C(=O)OC(C)(C)C.I. The third-order valence-electron chi connectivity index (χ3n) is 4.79. The summed E-state index contributed by atoms with van der Waals surface area (Å²) in [5.41, 5.74) is -1.12. The Balaban J connectivity index is 0.00000900. The summed E-state index contributed by atoms with van der Waals surface area (Å²) >= 11 is 0. The van der Waals surface area contributed by atoms with Gasteiger partial charge in [-0.3, -0.25) is 4.99 Å². The number of hydrogen-bond acceptors (Lipinski definition) is 5. The number of halogens is 1. The summed E-state index contributed by atoms with van der Waals surface area (Å²) in [6, 6.07) is 0. The fourth-order valence-corrected chi connectivity index (χ4v) is 4.54. The van der Waals surface area contributed by atoms with Crippen LogP contribution in [0, 0.1) is 5.92 Å². The van der Waals surface area contributed by atoms with Gasteiger partial charge in [-0.2, -0.15) is 0 Å². The molecule has 0 unspecified atom stereocenters. The van der Waals surface area contributed by atoms with Gasteiger partial charge in [0.25, 0.3) is 0 Å². The lowest BCUT2D eigenvalue weighted by atomic mass is 9.96. The summed E-state index contributed by atoms with van der Waals surface area (Å²) in [4.78, 5) is 20.7. The third kappa shape index (κ3) is 12.1. The zero-order valence-corrected chi connectivity index (χ0v) is 23.5. The van der Waals surface area contributed by atoms with Gasteiger partial charge in [0.2, 0.25) is 10.0 Å². The van der Waals surface area contributed by atoms with Crippen LogP contribution in [0.3, 0.4) is 0 Å². The van der Waals surface area contributed by atoms with Crippen LogP contribution in [-0.4, -0.2) is 87.4 Å². The number of amides is 1. The van der Waals surface area contributed by atoms with E-state index in [1.807, 2.05) is 41.5 Å². The highest BCUT2D eigenvalue weighted by Gasteiger charge is 2.28. The smallest absolute Gasteiger partial charge is 0.410 e. The number of piperidine rings is 1. The molecule has 1 aliphatic rings. The van der Waals surface area contributed by atoms with Crippen molar-refractivity contribution < 1.29 is 17.9 Å². The number of carbonyl (C=O) groups excluding carboxylic acids is 1. The van der Waals surface area contributed by atoms with Crippen molar-refractivity contribution in [1.29, 1.82) is 0 Å². The summed E-state index contributed by atoms with van der Waals surface area (Å²) < 4.78 is 31.2. The van der Waals surface area contributed by atoms with Gasteiger partial charge in [-0.25, -0.2) is 17.9 Å². The first-order chi connectivity index (χ1) is 13.7. The van der Waals surface area contributed by atoms with Gasteiger partial charge in [-0.15, -0.1) is 24.0 Å². The number of hydrogen-bond donors (Lipinski definition) is 2. The van der Waals surface area contributed by atoms with Crippen LogP contribution in [0.2, 0.25) is 0 Å². The van der Waals surface area contributed by atoms with Crippen molar-refractivity contribution in [2.24, 2.45) is 10.9 Å². The second-order valence-electron chi connectivity index (χ2n) is 9.61. The predicted molar refractivity (Wildman–Crippen MR) is 137 cm³/mol. The van der Waals surface area contributed by atoms with Crippen molar-refractivity contribution in [3.05, 3.63) is 0 Å². The topological polar surface area (TPSA) is 103 Å². The van der Waals surface area contributed by atoms with Crippen molar-refractivity contribution >= 4 is 46.1 Å². The maximum absolute atomic E-state index is 12.4. The van der Waals surface area contributed by atoms with Crippen LogP contribution in [0.15, 0.2) is 4.99 Å². The fraction of sp³-hybridized carbons (Fsp3) is 0.900. The normalized spacial score (nSPS) is 16.5. The molecule has 0 aromatic carbocycles. The first kappa shape index (κ1) is 30.2. The molecule has 1 amide bonds. The number of guanidine groups is 1. The van der Waals surface area contributed by atoms with Crippen LogP contribution in [0.5, 0.6) is 0 Å². The molecule has 1 rings (SSSR count). The number of nitrogens with one attached hydrogen (secondary N) is 2. The Bertz CT molecular complexity index is 699. The fourth-order valence-electron chi connectivity index (χ4n) is 3.47. The molecule has 0 atom stereocenters. The van der Waals surface area contributed by atoms with Crippen LogP contribution in [-0.2, 0) is 14.8 Å². The number of ether oxygens (including phenoxy) is 1. The summed E-state index contributed by atoms with van der Waals surface area (Å²) in [7, 11) is -1.56. The maximum Gasteiger partial charge on any atom is 0.410 e. The number of aliphatic imine (C=N–C) groups is 1. The number of nitrogens with zero attached hydrogens (tertiary/aromatic N) is 3. The maximum atomic E-state index is 12.4. The molecule has 1 saturated heterocycles. The lowest BCUT2D eigenvalue weighted by molar-refractivity contribution is 0.0214.